The lowest BCUT2D eigenvalue weighted by Gasteiger charge is -2.38. The fourth-order valence-corrected chi connectivity index (χ4v) is 7.16. The van der Waals surface area contributed by atoms with Gasteiger partial charge in [-0.1, -0.05) is 29.8 Å². The van der Waals surface area contributed by atoms with Crippen LogP contribution in [0.3, 0.4) is 0 Å². The highest BCUT2D eigenvalue weighted by molar-refractivity contribution is 6.32. The molecule has 4 aromatic rings. The summed E-state index contributed by atoms with van der Waals surface area (Å²) in [5.74, 6) is 3.43. The highest BCUT2D eigenvalue weighted by Crippen LogP contribution is 2.57. The summed E-state index contributed by atoms with van der Waals surface area (Å²) in [6, 6.07) is 22.3. The fourth-order valence-electron chi connectivity index (χ4n) is 6.99. The smallest absolute Gasteiger partial charge is 0.0544 e. The van der Waals surface area contributed by atoms with Gasteiger partial charge in [0.15, 0.2) is 0 Å². The number of halogens is 1. The third kappa shape index (κ3) is 2.34. The number of aromatic nitrogens is 1. The van der Waals surface area contributed by atoms with E-state index in [1.165, 1.54) is 59.6 Å². The van der Waals surface area contributed by atoms with E-state index < -0.39 is 0 Å². The Kier molecular flexibility index (Phi) is 3.36. The molecule has 8 rings (SSSR count). The Morgan fingerprint density at radius 2 is 1.31 bits per heavy atom. The summed E-state index contributed by atoms with van der Waals surface area (Å²) in [5.41, 5.74) is 7.13. The number of nitrogens with zero attached hydrogens (tertiary/aromatic N) is 1. The van der Waals surface area contributed by atoms with Crippen LogP contribution in [0.1, 0.15) is 55.1 Å². The van der Waals surface area contributed by atoms with Gasteiger partial charge in [-0.3, -0.25) is 0 Å². The highest BCUT2D eigenvalue weighted by Gasteiger charge is 2.42. The lowest BCUT2D eigenvalue weighted by Crippen LogP contribution is -2.25. The van der Waals surface area contributed by atoms with Crippen molar-refractivity contribution in [3.63, 3.8) is 0 Å². The van der Waals surface area contributed by atoms with Crippen LogP contribution in [0, 0.1) is 11.8 Å². The van der Waals surface area contributed by atoms with E-state index in [0.717, 1.165) is 28.7 Å². The van der Waals surface area contributed by atoms with Crippen molar-refractivity contribution in [2.75, 3.05) is 0 Å². The minimum Gasteiger partial charge on any atom is -0.309 e. The van der Waals surface area contributed by atoms with Crippen molar-refractivity contribution in [2.24, 2.45) is 11.8 Å². The molecule has 0 radical (unpaired) electrons. The van der Waals surface area contributed by atoms with Crippen LogP contribution in [-0.4, -0.2) is 4.57 Å². The Morgan fingerprint density at radius 3 is 2.03 bits per heavy atom. The lowest BCUT2D eigenvalue weighted by atomic mass is 9.67. The highest BCUT2D eigenvalue weighted by atomic mass is 35.5. The van der Waals surface area contributed by atoms with E-state index in [-0.39, 0.29) is 0 Å². The van der Waals surface area contributed by atoms with Gasteiger partial charge in [0, 0.05) is 21.5 Å². The SMILES string of the molecule is Clc1ccc2c(c1)c1cc3c(cc1n2-c1ccccc1)C1CC2CC(CC3C2)C1. The molecule has 4 aliphatic carbocycles. The predicted molar refractivity (Wildman–Crippen MR) is 121 cm³/mol. The van der Waals surface area contributed by atoms with Crippen molar-refractivity contribution in [3.05, 3.63) is 76.8 Å². The van der Waals surface area contributed by atoms with Crippen LogP contribution in [0.5, 0.6) is 0 Å². The zero-order valence-electron chi connectivity index (χ0n) is 16.4. The molecule has 4 bridgehead atoms. The minimum atomic E-state index is 0.761. The van der Waals surface area contributed by atoms with Crippen LogP contribution >= 0.6 is 11.6 Å². The molecule has 1 nitrogen and oxygen atoms in total. The molecule has 4 aliphatic rings. The van der Waals surface area contributed by atoms with Crippen molar-refractivity contribution in [1.82, 2.24) is 4.57 Å². The maximum absolute atomic E-state index is 6.45. The van der Waals surface area contributed by atoms with Gasteiger partial charge in [-0.2, -0.15) is 0 Å². The standard InChI is InChI=1S/C27H24ClN/c28-20-6-7-26-24(13-20)25-14-22-18-9-16-8-17(10-18)12-19(11-16)23(22)15-27(25)29(26)21-4-2-1-3-5-21/h1-7,13-19H,8-12H2. The maximum Gasteiger partial charge on any atom is 0.0544 e. The van der Waals surface area contributed by atoms with Gasteiger partial charge in [0.25, 0.3) is 0 Å². The summed E-state index contributed by atoms with van der Waals surface area (Å²) >= 11 is 6.45. The second-order valence-corrected chi connectivity index (χ2v) is 10.1. The second-order valence-electron chi connectivity index (χ2n) is 9.64. The molecule has 144 valence electrons. The van der Waals surface area contributed by atoms with Crippen molar-refractivity contribution in [1.29, 1.82) is 0 Å². The Morgan fingerprint density at radius 1 is 0.655 bits per heavy atom. The van der Waals surface area contributed by atoms with Gasteiger partial charge in [-0.15, -0.1) is 0 Å². The first-order valence-electron chi connectivity index (χ1n) is 11.1. The molecule has 0 aliphatic heterocycles. The van der Waals surface area contributed by atoms with Crippen LogP contribution in [0.4, 0.5) is 0 Å². The van der Waals surface area contributed by atoms with Crippen LogP contribution in [0.25, 0.3) is 27.5 Å². The Bertz CT molecular complexity index is 1250. The van der Waals surface area contributed by atoms with E-state index in [4.69, 9.17) is 11.6 Å². The van der Waals surface area contributed by atoms with E-state index in [1.54, 1.807) is 11.1 Å². The summed E-state index contributed by atoms with van der Waals surface area (Å²) in [6.07, 6.45) is 7.11. The fraction of sp³-hybridized carbons (Fsp3) is 0.333. The molecule has 0 saturated heterocycles. The second kappa shape index (κ2) is 5.89. The van der Waals surface area contributed by atoms with Crippen molar-refractivity contribution >= 4 is 33.4 Å². The largest absolute Gasteiger partial charge is 0.309 e. The molecule has 2 atom stereocenters. The van der Waals surface area contributed by atoms with Gasteiger partial charge in [0.05, 0.1) is 11.0 Å². The molecule has 2 heteroatoms. The van der Waals surface area contributed by atoms with E-state index in [2.05, 4.69) is 59.2 Å². The third-order valence-electron chi connectivity index (χ3n) is 7.96. The van der Waals surface area contributed by atoms with E-state index in [9.17, 15) is 0 Å². The molecule has 2 unspecified atom stereocenters. The quantitative estimate of drug-likeness (QED) is 0.308. The molecular formula is C27H24ClN. The van der Waals surface area contributed by atoms with Gasteiger partial charge in [-0.05, 0) is 109 Å². The Hall–Kier alpha value is -2.25. The monoisotopic (exact) mass is 397 g/mol. The number of rotatable bonds is 1. The lowest BCUT2D eigenvalue weighted by molar-refractivity contribution is 0.166. The van der Waals surface area contributed by atoms with Gasteiger partial charge in [-0.25, -0.2) is 0 Å². The van der Waals surface area contributed by atoms with Crippen molar-refractivity contribution in [3.8, 4) is 5.69 Å². The van der Waals surface area contributed by atoms with Crippen LogP contribution in [0.2, 0.25) is 5.02 Å². The summed E-state index contributed by atoms with van der Waals surface area (Å²) in [6.45, 7) is 0. The minimum absolute atomic E-state index is 0.761. The Labute approximate surface area is 176 Å². The first-order chi connectivity index (χ1) is 14.2. The summed E-state index contributed by atoms with van der Waals surface area (Å²) < 4.78 is 2.44. The summed E-state index contributed by atoms with van der Waals surface area (Å²) in [5, 5.41) is 3.47. The first kappa shape index (κ1) is 16.5. The van der Waals surface area contributed by atoms with Crippen molar-refractivity contribution in [2.45, 2.75) is 43.9 Å². The van der Waals surface area contributed by atoms with Crippen molar-refractivity contribution < 1.29 is 0 Å². The van der Waals surface area contributed by atoms with Gasteiger partial charge in [0.1, 0.15) is 0 Å². The average molecular weight is 398 g/mol. The molecule has 3 aromatic carbocycles. The van der Waals surface area contributed by atoms with Gasteiger partial charge < -0.3 is 4.57 Å². The molecule has 1 aromatic heterocycles. The molecule has 2 saturated carbocycles. The first-order valence-corrected chi connectivity index (χ1v) is 11.5. The van der Waals surface area contributed by atoms with Gasteiger partial charge >= 0.3 is 0 Å². The number of hydrogen-bond acceptors (Lipinski definition) is 0. The zero-order valence-corrected chi connectivity index (χ0v) is 17.2. The topological polar surface area (TPSA) is 4.93 Å². The molecule has 0 N–H and O–H groups in total. The molecule has 0 spiro atoms. The summed E-state index contributed by atoms with van der Waals surface area (Å²) in [7, 11) is 0. The molecule has 29 heavy (non-hydrogen) atoms. The zero-order chi connectivity index (χ0) is 19.1. The maximum atomic E-state index is 6.45. The number of para-hydroxylation sites is 1. The molecule has 2 fully saturated rings. The van der Waals surface area contributed by atoms with Crippen LogP contribution in [0.15, 0.2) is 60.7 Å². The molecule has 0 amide bonds. The normalized spacial score (nSPS) is 27.5. The van der Waals surface area contributed by atoms with E-state index in [1.807, 2.05) is 6.07 Å². The number of benzene rings is 3. The average Bonchev–Trinajstić information content (AvgIpc) is 2.95. The Balaban J connectivity index is 1.59. The third-order valence-corrected chi connectivity index (χ3v) is 8.20. The number of hydrogen-bond donors (Lipinski definition) is 0. The number of fused-ring (bicyclic) bond motifs is 3. The van der Waals surface area contributed by atoms with Crippen LogP contribution in [-0.2, 0) is 0 Å². The molecule has 1 heterocycles. The summed E-state index contributed by atoms with van der Waals surface area (Å²) in [4.78, 5) is 0. The van der Waals surface area contributed by atoms with E-state index in [0.29, 0.717) is 0 Å². The van der Waals surface area contributed by atoms with E-state index >= 15 is 0 Å². The van der Waals surface area contributed by atoms with Gasteiger partial charge in [0.2, 0.25) is 0 Å². The van der Waals surface area contributed by atoms with Crippen LogP contribution < -0.4 is 0 Å². The predicted octanol–water partition coefficient (Wildman–Crippen LogP) is 7.83. The molecular weight excluding hydrogens is 374 g/mol.